The van der Waals surface area contributed by atoms with Crippen LogP contribution in [0.2, 0.25) is 0 Å². The van der Waals surface area contributed by atoms with Gasteiger partial charge in [-0.15, -0.1) is 0 Å². The number of sulfonamides is 1. The lowest BCUT2D eigenvalue weighted by atomic mass is 10.2. The Morgan fingerprint density at radius 1 is 1.38 bits per heavy atom. The first-order chi connectivity index (χ1) is 10.0. The van der Waals surface area contributed by atoms with Crippen molar-refractivity contribution in [2.75, 3.05) is 18.4 Å². The van der Waals surface area contributed by atoms with Crippen molar-refractivity contribution in [1.29, 1.82) is 0 Å². The standard InChI is InChI=1S/C14H22BrN3O2S/c1-2-7-16-14-13(9-12(15)10-17-14)21(19,20)18-8-3-4-11-5-6-11/h9-11,18H,2-8H2,1H3,(H,16,17). The van der Waals surface area contributed by atoms with Gasteiger partial charge in [0.15, 0.2) is 0 Å². The highest BCUT2D eigenvalue weighted by Crippen LogP contribution is 2.33. The van der Waals surface area contributed by atoms with Gasteiger partial charge in [0.05, 0.1) is 0 Å². The van der Waals surface area contributed by atoms with Crippen LogP contribution in [0.1, 0.15) is 39.0 Å². The van der Waals surface area contributed by atoms with Gasteiger partial charge in [0.1, 0.15) is 10.7 Å². The molecule has 1 saturated carbocycles. The van der Waals surface area contributed by atoms with Crippen molar-refractivity contribution in [2.45, 2.75) is 43.9 Å². The molecule has 2 rings (SSSR count). The summed E-state index contributed by atoms with van der Waals surface area (Å²) in [7, 11) is -3.53. The molecule has 7 heteroatoms. The van der Waals surface area contributed by atoms with Crippen molar-refractivity contribution in [1.82, 2.24) is 9.71 Å². The van der Waals surface area contributed by atoms with Crippen molar-refractivity contribution in [3.05, 3.63) is 16.7 Å². The van der Waals surface area contributed by atoms with Crippen molar-refractivity contribution in [3.8, 4) is 0 Å². The van der Waals surface area contributed by atoms with Gasteiger partial charge in [-0.3, -0.25) is 0 Å². The molecule has 1 aliphatic rings. The van der Waals surface area contributed by atoms with Crippen molar-refractivity contribution >= 4 is 31.8 Å². The first kappa shape index (κ1) is 16.7. The second-order valence-corrected chi connectivity index (χ2v) is 8.06. The zero-order valence-electron chi connectivity index (χ0n) is 12.2. The first-order valence-corrected chi connectivity index (χ1v) is 9.69. The Balaban J connectivity index is 2.03. The summed E-state index contributed by atoms with van der Waals surface area (Å²) in [5, 5.41) is 3.06. The maximum absolute atomic E-state index is 12.4. The molecule has 21 heavy (non-hydrogen) atoms. The lowest BCUT2D eigenvalue weighted by Gasteiger charge is -2.12. The number of hydrogen-bond acceptors (Lipinski definition) is 4. The second kappa shape index (κ2) is 7.56. The molecule has 0 atom stereocenters. The molecule has 1 heterocycles. The summed E-state index contributed by atoms with van der Waals surface area (Å²) in [4.78, 5) is 4.38. The minimum absolute atomic E-state index is 0.205. The number of pyridine rings is 1. The van der Waals surface area contributed by atoms with Gasteiger partial charge in [0.25, 0.3) is 0 Å². The molecule has 118 valence electrons. The van der Waals surface area contributed by atoms with Crippen LogP contribution in [0.4, 0.5) is 5.82 Å². The van der Waals surface area contributed by atoms with E-state index in [1.165, 1.54) is 12.8 Å². The summed E-state index contributed by atoms with van der Waals surface area (Å²) in [6, 6.07) is 1.59. The van der Waals surface area contributed by atoms with Gasteiger partial charge in [-0.05, 0) is 47.2 Å². The molecule has 0 amide bonds. The molecule has 5 nitrogen and oxygen atoms in total. The number of aromatic nitrogens is 1. The molecule has 0 saturated heterocycles. The van der Waals surface area contributed by atoms with E-state index < -0.39 is 10.0 Å². The third-order valence-electron chi connectivity index (χ3n) is 3.43. The third-order valence-corrected chi connectivity index (χ3v) is 5.34. The second-order valence-electron chi connectivity index (χ2n) is 5.41. The predicted molar refractivity (Wildman–Crippen MR) is 87.9 cm³/mol. The first-order valence-electron chi connectivity index (χ1n) is 7.42. The van der Waals surface area contributed by atoms with Gasteiger partial charge in [0, 0.05) is 23.8 Å². The van der Waals surface area contributed by atoms with Gasteiger partial charge in [-0.2, -0.15) is 0 Å². The van der Waals surface area contributed by atoms with E-state index in [2.05, 4.69) is 31.0 Å². The van der Waals surface area contributed by atoms with Crippen LogP contribution >= 0.6 is 15.9 Å². The minimum Gasteiger partial charge on any atom is -0.369 e. The van der Waals surface area contributed by atoms with E-state index in [4.69, 9.17) is 0 Å². The van der Waals surface area contributed by atoms with Gasteiger partial charge in [0.2, 0.25) is 10.0 Å². The summed E-state index contributed by atoms with van der Waals surface area (Å²) in [6.07, 6.45) is 7.11. The number of nitrogens with one attached hydrogen (secondary N) is 2. The molecule has 2 N–H and O–H groups in total. The normalized spacial score (nSPS) is 15.1. The van der Waals surface area contributed by atoms with Crippen molar-refractivity contribution < 1.29 is 8.42 Å². The fourth-order valence-electron chi connectivity index (χ4n) is 2.08. The summed E-state index contributed by atoms with van der Waals surface area (Å²) in [5.41, 5.74) is 0. The number of halogens is 1. The largest absolute Gasteiger partial charge is 0.369 e. The van der Waals surface area contributed by atoms with Crippen LogP contribution in [0.25, 0.3) is 0 Å². The zero-order chi connectivity index (χ0) is 15.3. The highest BCUT2D eigenvalue weighted by Gasteiger charge is 2.22. The summed E-state index contributed by atoms with van der Waals surface area (Å²) in [5.74, 6) is 1.23. The molecule has 0 unspecified atom stereocenters. The third kappa shape index (κ3) is 5.23. The van der Waals surface area contributed by atoms with E-state index >= 15 is 0 Å². The van der Waals surface area contributed by atoms with Crippen LogP contribution in [0.5, 0.6) is 0 Å². The lowest BCUT2D eigenvalue weighted by Crippen LogP contribution is -2.26. The van der Waals surface area contributed by atoms with E-state index in [9.17, 15) is 8.42 Å². The summed E-state index contributed by atoms with van der Waals surface area (Å²) >= 11 is 3.28. The van der Waals surface area contributed by atoms with Gasteiger partial charge in [-0.1, -0.05) is 19.8 Å². The lowest BCUT2D eigenvalue weighted by molar-refractivity contribution is 0.572. The van der Waals surface area contributed by atoms with E-state index in [0.717, 1.165) is 25.2 Å². The Labute approximate surface area is 135 Å². The van der Waals surface area contributed by atoms with E-state index in [1.54, 1.807) is 12.3 Å². The molecule has 0 bridgehead atoms. The Morgan fingerprint density at radius 2 is 2.14 bits per heavy atom. The highest BCUT2D eigenvalue weighted by atomic mass is 79.9. The molecule has 0 aliphatic heterocycles. The van der Waals surface area contributed by atoms with E-state index in [-0.39, 0.29) is 4.90 Å². The smallest absolute Gasteiger partial charge is 0.244 e. The highest BCUT2D eigenvalue weighted by molar-refractivity contribution is 9.10. The van der Waals surface area contributed by atoms with Crippen LogP contribution in [-0.4, -0.2) is 26.5 Å². The Hall–Kier alpha value is -0.660. The Morgan fingerprint density at radius 3 is 2.81 bits per heavy atom. The maximum Gasteiger partial charge on any atom is 0.244 e. The molecule has 0 spiro atoms. The summed E-state index contributed by atoms with van der Waals surface area (Å²) < 4.78 is 28.2. The van der Waals surface area contributed by atoms with Crippen molar-refractivity contribution in [2.24, 2.45) is 5.92 Å². The van der Waals surface area contributed by atoms with E-state index in [0.29, 0.717) is 23.4 Å². The van der Waals surface area contributed by atoms with E-state index in [1.807, 2.05) is 6.92 Å². The Kier molecular flexibility index (Phi) is 6.01. The monoisotopic (exact) mass is 375 g/mol. The fraction of sp³-hybridized carbons (Fsp3) is 0.643. The minimum atomic E-state index is -3.53. The van der Waals surface area contributed by atoms with Crippen LogP contribution in [0, 0.1) is 5.92 Å². The molecule has 1 aromatic heterocycles. The molecular weight excluding hydrogens is 354 g/mol. The van der Waals surface area contributed by atoms with Crippen molar-refractivity contribution in [3.63, 3.8) is 0 Å². The molecule has 1 aliphatic carbocycles. The van der Waals surface area contributed by atoms with Gasteiger partial charge in [-0.25, -0.2) is 18.1 Å². The number of nitrogens with zero attached hydrogens (tertiary/aromatic N) is 1. The Bertz CT molecular complexity index is 574. The van der Waals surface area contributed by atoms with Gasteiger partial charge >= 0.3 is 0 Å². The average molecular weight is 376 g/mol. The molecular formula is C14H22BrN3O2S. The summed E-state index contributed by atoms with van der Waals surface area (Å²) in [6.45, 7) is 3.20. The quantitative estimate of drug-likeness (QED) is 0.650. The zero-order valence-corrected chi connectivity index (χ0v) is 14.6. The van der Waals surface area contributed by atoms with Gasteiger partial charge < -0.3 is 5.32 Å². The van der Waals surface area contributed by atoms with Crippen LogP contribution < -0.4 is 10.0 Å². The maximum atomic E-state index is 12.4. The van der Waals surface area contributed by atoms with Crippen LogP contribution in [0.15, 0.2) is 21.6 Å². The molecule has 1 fully saturated rings. The molecule has 1 aromatic rings. The SMILES string of the molecule is CCCNc1ncc(Br)cc1S(=O)(=O)NCCCC1CC1. The van der Waals surface area contributed by atoms with Crippen LogP contribution in [-0.2, 0) is 10.0 Å². The molecule has 0 radical (unpaired) electrons. The molecule has 0 aromatic carbocycles. The number of hydrogen-bond donors (Lipinski definition) is 2. The number of rotatable bonds is 9. The fourth-order valence-corrected chi connectivity index (χ4v) is 3.80. The average Bonchev–Trinajstić information content (AvgIpc) is 3.26. The number of anilines is 1. The van der Waals surface area contributed by atoms with Crippen LogP contribution in [0.3, 0.4) is 0 Å². The topological polar surface area (TPSA) is 71.1 Å². The predicted octanol–water partition coefficient (Wildman–Crippen LogP) is 3.13.